The number of hydrazine groups is 1. The molecule has 3 bridgehead atoms. The van der Waals surface area contributed by atoms with Gasteiger partial charge in [-0.15, -0.1) is 11.6 Å². The molecule has 4 aliphatic carbocycles. The first kappa shape index (κ1) is 17.0. The van der Waals surface area contributed by atoms with Gasteiger partial charge in [-0.25, -0.2) is 5.01 Å². The first-order valence-electron chi connectivity index (χ1n) is 11.2. The van der Waals surface area contributed by atoms with E-state index in [2.05, 4.69) is 66.3 Å². The maximum Gasteiger partial charge on any atom is 0.268 e. The lowest BCUT2D eigenvalue weighted by Gasteiger charge is -2.62. The minimum atomic E-state index is -0.503. The number of anilines is 1. The van der Waals surface area contributed by atoms with E-state index in [0.29, 0.717) is 23.3 Å². The average molecular weight is 407 g/mol. The second kappa shape index (κ2) is 4.94. The lowest BCUT2D eigenvalue weighted by atomic mass is 9.55. The van der Waals surface area contributed by atoms with Gasteiger partial charge in [-0.3, -0.25) is 9.80 Å². The third-order valence-corrected chi connectivity index (χ3v) is 10.1. The van der Waals surface area contributed by atoms with Crippen LogP contribution < -0.4 is 5.01 Å². The van der Waals surface area contributed by atoms with Crippen molar-refractivity contribution >= 4 is 34.0 Å². The van der Waals surface area contributed by atoms with E-state index < -0.39 is 5.54 Å². The molecule has 2 aromatic rings. The van der Waals surface area contributed by atoms with Gasteiger partial charge >= 0.3 is 0 Å². The molecule has 5 fully saturated rings. The fourth-order valence-electron chi connectivity index (χ4n) is 8.33. The van der Waals surface area contributed by atoms with E-state index >= 15 is 0 Å². The molecule has 29 heavy (non-hydrogen) atoms. The number of carbonyl (C=O) groups excluding carboxylic acids is 1. The molecular formula is C25H27ClN2O. The Labute approximate surface area is 177 Å². The van der Waals surface area contributed by atoms with Gasteiger partial charge in [0, 0.05) is 5.39 Å². The van der Waals surface area contributed by atoms with Crippen LogP contribution in [0.15, 0.2) is 42.5 Å². The number of halogens is 1. The highest BCUT2D eigenvalue weighted by atomic mass is 35.5. The van der Waals surface area contributed by atoms with Crippen LogP contribution in [0, 0.1) is 23.2 Å². The number of rotatable bonds is 2. The first-order chi connectivity index (χ1) is 13.9. The molecule has 0 radical (unpaired) electrons. The summed E-state index contributed by atoms with van der Waals surface area (Å²) in [6, 6.07) is 15.3. The number of hydrogen-bond acceptors (Lipinski definition) is 2. The summed E-state index contributed by atoms with van der Waals surface area (Å²) in [5.41, 5.74) is 1.05. The minimum Gasteiger partial charge on any atom is -0.270 e. The Morgan fingerprint density at radius 1 is 0.966 bits per heavy atom. The maximum atomic E-state index is 13.5. The van der Waals surface area contributed by atoms with Crippen LogP contribution in [0.4, 0.5) is 5.69 Å². The minimum absolute atomic E-state index is 0.0273. The average Bonchev–Trinajstić information content (AvgIpc) is 3.06. The highest BCUT2D eigenvalue weighted by Gasteiger charge is 2.77. The molecule has 3 nitrogen and oxygen atoms in total. The van der Waals surface area contributed by atoms with E-state index in [1.807, 2.05) is 0 Å². The molecule has 2 aromatic carbocycles. The largest absolute Gasteiger partial charge is 0.270 e. The van der Waals surface area contributed by atoms with Crippen molar-refractivity contribution in [2.45, 2.75) is 62.4 Å². The molecule has 1 aliphatic heterocycles. The topological polar surface area (TPSA) is 23.6 Å². The van der Waals surface area contributed by atoms with Crippen molar-refractivity contribution in [3.05, 3.63) is 42.5 Å². The Balaban J connectivity index is 1.34. The molecule has 1 spiro atoms. The predicted octanol–water partition coefficient (Wildman–Crippen LogP) is 5.37. The van der Waals surface area contributed by atoms with Gasteiger partial charge < -0.3 is 0 Å². The number of carbonyl (C=O) groups is 1. The van der Waals surface area contributed by atoms with Crippen molar-refractivity contribution in [1.29, 1.82) is 0 Å². The summed E-state index contributed by atoms with van der Waals surface area (Å²) >= 11 is 7.16. The van der Waals surface area contributed by atoms with Gasteiger partial charge in [-0.1, -0.05) is 36.4 Å². The SMILES string of the molecule is CC1(C)C(=O)N([C@H]2C3CC4C[C@@]5(Cl)CC2CC45C3)N1c1cccc2ccccc12. The molecule has 4 heteroatoms. The maximum absolute atomic E-state index is 13.5. The summed E-state index contributed by atoms with van der Waals surface area (Å²) in [5, 5.41) is 6.93. The van der Waals surface area contributed by atoms with Crippen LogP contribution in [-0.2, 0) is 4.79 Å². The van der Waals surface area contributed by atoms with Crippen LogP contribution in [0.1, 0.15) is 46.0 Å². The molecule has 0 aromatic heterocycles. The van der Waals surface area contributed by atoms with Gasteiger partial charge in [0.05, 0.1) is 16.6 Å². The van der Waals surface area contributed by atoms with Gasteiger partial charge in [-0.2, -0.15) is 0 Å². The zero-order chi connectivity index (χ0) is 19.8. The van der Waals surface area contributed by atoms with E-state index in [4.69, 9.17) is 11.6 Å². The Morgan fingerprint density at radius 2 is 1.72 bits per heavy atom. The molecule has 7 rings (SSSR count). The third-order valence-electron chi connectivity index (χ3n) is 9.39. The van der Waals surface area contributed by atoms with Gasteiger partial charge in [0.1, 0.15) is 5.54 Å². The van der Waals surface area contributed by atoms with Crippen molar-refractivity contribution < 1.29 is 4.79 Å². The normalized spacial score (nSPS) is 43.5. The van der Waals surface area contributed by atoms with Crippen molar-refractivity contribution in [2.75, 3.05) is 5.01 Å². The summed E-state index contributed by atoms with van der Waals surface area (Å²) in [6.07, 6.45) is 6.04. The summed E-state index contributed by atoms with van der Waals surface area (Å²) in [5.74, 6) is 2.24. The fraction of sp³-hybridized carbons (Fsp3) is 0.560. The highest BCUT2D eigenvalue weighted by Crippen LogP contribution is 2.80. The second-order valence-corrected chi connectivity index (χ2v) is 11.6. The lowest BCUT2D eigenvalue weighted by Crippen LogP contribution is -2.79. The number of benzene rings is 2. The van der Waals surface area contributed by atoms with Crippen molar-refractivity contribution in [2.24, 2.45) is 23.2 Å². The molecule has 4 saturated carbocycles. The molecule has 1 saturated heterocycles. The Bertz CT molecular complexity index is 1070. The van der Waals surface area contributed by atoms with Crippen molar-refractivity contribution in [3.8, 4) is 0 Å². The molecule has 150 valence electrons. The smallest absolute Gasteiger partial charge is 0.268 e. The van der Waals surface area contributed by atoms with E-state index in [-0.39, 0.29) is 10.8 Å². The number of nitrogens with zero attached hydrogens (tertiary/aromatic N) is 2. The number of amides is 1. The molecule has 5 aliphatic rings. The summed E-state index contributed by atoms with van der Waals surface area (Å²) in [6.45, 7) is 4.15. The van der Waals surface area contributed by atoms with Crippen molar-refractivity contribution in [3.63, 3.8) is 0 Å². The third kappa shape index (κ3) is 1.74. The quantitative estimate of drug-likeness (QED) is 0.626. The van der Waals surface area contributed by atoms with Crippen LogP contribution >= 0.6 is 11.6 Å². The number of alkyl halides is 1. The second-order valence-electron chi connectivity index (χ2n) is 10.9. The van der Waals surface area contributed by atoms with E-state index in [1.54, 1.807) is 0 Å². The molecule has 1 amide bonds. The molecule has 1 heterocycles. The van der Waals surface area contributed by atoms with E-state index in [1.165, 1.54) is 36.5 Å². The van der Waals surface area contributed by atoms with Crippen LogP contribution in [0.25, 0.3) is 10.8 Å². The molecule has 4 unspecified atom stereocenters. The first-order valence-corrected chi connectivity index (χ1v) is 11.5. The molecule has 0 N–H and O–H groups in total. The van der Waals surface area contributed by atoms with Crippen molar-refractivity contribution in [1.82, 2.24) is 5.01 Å². The van der Waals surface area contributed by atoms with Gasteiger partial charge in [0.15, 0.2) is 0 Å². The Hall–Kier alpha value is -1.74. The van der Waals surface area contributed by atoms with Crippen LogP contribution in [-0.4, -0.2) is 27.4 Å². The zero-order valence-electron chi connectivity index (χ0n) is 17.1. The van der Waals surface area contributed by atoms with Gasteiger partial charge in [0.25, 0.3) is 5.91 Å². The predicted molar refractivity (Wildman–Crippen MR) is 116 cm³/mol. The molecular weight excluding hydrogens is 380 g/mol. The van der Waals surface area contributed by atoms with E-state index in [0.717, 1.165) is 18.0 Å². The number of hydrogen-bond donors (Lipinski definition) is 0. The standard InChI is InChI=1S/C25H27ClN2O/c1-23(2)22(29)27(28(23)20-9-5-7-15-6-3-4-8-19(15)20)21-16-10-18-14-25(26)13-17(21)12-24(18,25)11-16/h3-9,16-18,21H,10-14H2,1-2H3/t16?,17?,18?,21-,24?,25-/m0/s1. The van der Waals surface area contributed by atoms with Gasteiger partial charge in [0.2, 0.25) is 0 Å². The van der Waals surface area contributed by atoms with Crippen LogP contribution in [0.3, 0.4) is 0 Å². The highest BCUT2D eigenvalue weighted by molar-refractivity contribution is 6.25. The van der Waals surface area contributed by atoms with Crippen LogP contribution in [0.5, 0.6) is 0 Å². The number of fused-ring (bicyclic) bond motifs is 3. The van der Waals surface area contributed by atoms with Crippen LogP contribution in [0.2, 0.25) is 0 Å². The zero-order valence-corrected chi connectivity index (χ0v) is 17.8. The summed E-state index contributed by atoms with van der Waals surface area (Å²) < 4.78 is 0. The fourth-order valence-corrected chi connectivity index (χ4v) is 9.02. The van der Waals surface area contributed by atoms with Gasteiger partial charge in [-0.05, 0) is 80.6 Å². The monoisotopic (exact) mass is 406 g/mol. The summed E-state index contributed by atoms with van der Waals surface area (Å²) in [4.78, 5) is 13.5. The summed E-state index contributed by atoms with van der Waals surface area (Å²) in [7, 11) is 0. The molecule has 6 atom stereocenters. The van der Waals surface area contributed by atoms with E-state index in [9.17, 15) is 4.79 Å². The Morgan fingerprint density at radius 3 is 2.59 bits per heavy atom. The lowest BCUT2D eigenvalue weighted by molar-refractivity contribution is -0.161. The Kier molecular flexibility index (Phi) is 2.89.